The number of rotatable bonds is 6. The van der Waals surface area contributed by atoms with Crippen LogP contribution in [0.5, 0.6) is 0 Å². The molecule has 0 aromatic heterocycles. The molecule has 3 aromatic rings. The molecule has 3 amide bonds. The summed E-state index contributed by atoms with van der Waals surface area (Å²) in [5, 5.41) is 2.72. The van der Waals surface area contributed by atoms with Crippen LogP contribution < -0.4 is 10.2 Å². The van der Waals surface area contributed by atoms with Crippen LogP contribution in [0, 0.1) is 6.92 Å². The van der Waals surface area contributed by atoms with E-state index in [4.69, 9.17) is 0 Å². The van der Waals surface area contributed by atoms with Gasteiger partial charge in [0.05, 0.1) is 11.3 Å². The van der Waals surface area contributed by atoms with Crippen LogP contribution in [0.15, 0.2) is 84.6 Å². The van der Waals surface area contributed by atoms with Crippen LogP contribution >= 0.6 is 0 Å². The first-order valence-electron chi connectivity index (χ1n) is 10.7. The van der Waals surface area contributed by atoms with Crippen molar-refractivity contribution in [3.63, 3.8) is 0 Å². The van der Waals surface area contributed by atoms with E-state index >= 15 is 0 Å². The van der Waals surface area contributed by atoms with Crippen molar-refractivity contribution < 1.29 is 14.4 Å². The standard InChI is InChI=1S/C27H25N3O3/c1-18-8-7-11-23(16-18)30-26(32)24(21-12-14-22(15-13-21)28-19(2)31)25(27(30)33)29(3)17-20-9-5-4-6-10-20/h4-16H,17H2,1-3H3,(H,28,31). The summed E-state index contributed by atoms with van der Waals surface area (Å²) in [6.07, 6.45) is 0. The van der Waals surface area contributed by atoms with Crippen LogP contribution in [0.2, 0.25) is 0 Å². The maximum absolute atomic E-state index is 13.6. The average Bonchev–Trinajstić information content (AvgIpc) is 3.04. The second-order valence-electron chi connectivity index (χ2n) is 8.11. The third-order valence-electron chi connectivity index (χ3n) is 5.46. The van der Waals surface area contributed by atoms with Crippen LogP contribution in [0.25, 0.3) is 5.57 Å². The number of nitrogens with one attached hydrogen (secondary N) is 1. The van der Waals surface area contributed by atoms with Gasteiger partial charge in [-0.1, -0.05) is 54.6 Å². The molecule has 0 fully saturated rings. The molecule has 3 aromatic carbocycles. The molecule has 0 unspecified atom stereocenters. The summed E-state index contributed by atoms with van der Waals surface area (Å²) < 4.78 is 0. The van der Waals surface area contributed by atoms with E-state index in [-0.39, 0.29) is 17.7 Å². The van der Waals surface area contributed by atoms with Gasteiger partial charge in [-0.25, -0.2) is 4.90 Å². The van der Waals surface area contributed by atoms with Gasteiger partial charge in [-0.2, -0.15) is 0 Å². The van der Waals surface area contributed by atoms with Gasteiger partial charge in [-0.15, -0.1) is 0 Å². The minimum absolute atomic E-state index is 0.178. The largest absolute Gasteiger partial charge is 0.365 e. The molecule has 0 aliphatic carbocycles. The second-order valence-corrected chi connectivity index (χ2v) is 8.11. The van der Waals surface area contributed by atoms with Crippen LogP contribution in [-0.2, 0) is 20.9 Å². The number of anilines is 2. The minimum Gasteiger partial charge on any atom is -0.365 e. The highest BCUT2D eigenvalue weighted by atomic mass is 16.2. The summed E-state index contributed by atoms with van der Waals surface area (Å²) in [7, 11) is 1.82. The van der Waals surface area contributed by atoms with Crippen LogP contribution in [0.1, 0.15) is 23.6 Å². The number of amides is 3. The predicted molar refractivity (Wildman–Crippen MR) is 129 cm³/mol. The topological polar surface area (TPSA) is 69.7 Å². The molecule has 0 atom stereocenters. The minimum atomic E-state index is -0.368. The molecule has 0 saturated heterocycles. The molecule has 166 valence electrons. The molecule has 1 aliphatic rings. The molecule has 0 spiro atoms. The number of aryl methyl sites for hydroxylation is 1. The van der Waals surface area contributed by atoms with E-state index in [1.165, 1.54) is 11.8 Å². The Morgan fingerprint density at radius 2 is 1.61 bits per heavy atom. The fraction of sp³-hybridized carbons (Fsp3) is 0.148. The fourth-order valence-electron chi connectivity index (χ4n) is 3.99. The van der Waals surface area contributed by atoms with Gasteiger partial charge in [0.25, 0.3) is 11.8 Å². The van der Waals surface area contributed by atoms with Gasteiger partial charge in [0.15, 0.2) is 0 Å². The summed E-state index contributed by atoms with van der Waals surface area (Å²) >= 11 is 0. The Morgan fingerprint density at radius 3 is 2.24 bits per heavy atom. The van der Waals surface area contributed by atoms with Crippen LogP contribution in [-0.4, -0.2) is 29.7 Å². The van der Waals surface area contributed by atoms with E-state index in [1.54, 1.807) is 30.3 Å². The van der Waals surface area contributed by atoms with E-state index in [2.05, 4.69) is 5.32 Å². The number of carbonyl (C=O) groups is 3. The monoisotopic (exact) mass is 439 g/mol. The van der Waals surface area contributed by atoms with Crippen LogP contribution in [0.3, 0.4) is 0 Å². The van der Waals surface area contributed by atoms with E-state index in [9.17, 15) is 14.4 Å². The average molecular weight is 440 g/mol. The molecule has 6 nitrogen and oxygen atoms in total. The summed E-state index contributed by atoms with van der Waals surface area (Å²) in [6, 6.07) is 24.1. The lowest BCUT2D eigenvalue weighted by Gasteiger charge is -2.21. The van der Waals surface area contributed by atoms with Gasteiger partial charge in [0, 0.05) is 26.2 Å². The Balaban J connectivity index is 1.78. The van der Waals surface area contributed by atoms with E-state index in [1.807, 2.05) is 67.4 Å². The number of imide groups is 1. The van der Waals surface area contributed by atoms with Crippen LogP contribution in [0.4, 0.5) is 11.4 Å². The Morgan fingerprint density at radius 1 is 0.909 bits per heavy atom. The number of hydrogen-bond donors (Lipinski definition) is 1. The third kappa shape index (κ3) is 4.55. The lowest BCUT2D eigenvalue weighted by molar-refractivity contribution is -0.120. The summed E-state index contributed by atoms with van der Waals surface area (Å²) in [5.41, 5.74) is 4.46. The van der Waals surface area contributed by atoms with Crippen molar-refractivity contribution in [1.29, 1.82) is 0 Å². The summed E-state index contributed by atoms with van der Waals surface area (Å²) in [4.78, 5) is 41.6. The van der Waals surface area contributed by atoms with E-state index < -0.39 is 0 Å². The van der Waals surface area contributed by atoms with Gasteiger partial charge in [0.1, 0.15) is 5.70 Å². The quantitative estimate of drug-likeness (QED) is 0.579. The molecular weight excluding hydrogens is 414 g/mol. The number of nitrogens with zero attached hydrogens (tertiary/aromatic N) is 2. The van der Waals surface area contributed by atoms with Gasteiger partial charge in [-0.3, -0.25) is 14.4 Å². The zero-order valence-electron chi connectivity index (χ0n) is 18.8. The van der Waals surface area contributed by atoms with Gasteiger partial charge in [-0.05, 0) is 47.9 Å². The zero-order chi connectivity index (χ0) is 23.5. The molecule has 4 rings (SSSR count). The number of benzene rings is 3. The smallest absolute Gasteiger partial charge is 0.282 e. The number of carbonyl (C=O) groups excluding carboxylic acids is 3. The molecule has 6 heteroatoms. The molecule has 0 saturated carbocycles. The first kappa shape index (κ1) is 22.0. The van der Waals surface area contributed by atoms with Crippen molar-refractivity contribution in [2.24, 2.45) is 0 Å². The normalized spacial score (nSPS) is 13.5. The number of hydrogen-bond acceptors (Lipinski definition) is 4. The lowest BCUT2D eigenvalue weighted by Crippen LogP contribution is -2.34. The van der Waals surface area contributed by atoms with Crippen molar-refractivity contribution in [2.45, 2.75) is 20.4 Å². The highest BCUT2D eigenvalue weighted by Gasteiger charge is 2.41. The van der Waals surface area contributed by atoms with Crippen molar-refractivity contribution in [3.8, 4) is 0 Å². The van der Waals surface area contributed by atoms with Crippen molar-refractivity contribution >= 4 is 34.7 Å². The Hall–Kier alpha value is -4.19. The van der Waals surface area contributed by atoms with E-state index in [0.29, 0.717) is 34.8 Å². The predicted octanol–water partition coefficient (Wildman–Crippen LogP) is 4.37. The Bertz CT molecular complexity index is 1250. The van der Waals surface area contributed by atoms with Crippen molar-refractivity contribution in [1.82, 2.24) is 4.90 Å². The summed E-state index contributed by atoms with van der Waals surface area (Å²) in [5.74, 6) is -0.902. The van der Waals surface area contributed by atoms with E-state index in [0.717, 1.165) is 11.1 Å². The lowest BCUT2D eigenvalue weighted by atomic mass is 10.0. The first-order chi connectivity index (χ1) is 15.8. The van der Waals surface area contributed by atoms with Gasteiger partial charge >= 0.3 is 0 Å². The Labute approximate surface area is 193 Å². The SMILES string of the molecule is CC(=O)Nc1ccc(C2=C(N(C)Cc3ccccc3)C(=O)N(c3cccc(C)c3)C2=O)cc1. The molecule has 1 heterocycles. The number of likely N-dealkylation sites (N-methyl/N-ethyl adjacent to an activating group) is 1. The molecule has 1 aliphatic heterocycles. The second kappa shape index (κ2) is 9.12. The highest BCUT2D eigenvalue weighted by molar-refractivity contribution is 6.45. The fourth-order valence-corrected chi connectivity index (χ4v) is 3.99. The third-order valence-corrected chi connectivity index (χ3v) is 5.46. The van der Waals surface area contributed by atoms with Crippen molar-refractivity contribution in [3.05, 3.63) is 101 Å². The Kier molecular flexibility index (Phi) is 6.09. The molecule has 0 radical (unpaired) electrons. The maximum Gasteiger partial charge on any atom is 0.282 e. The van der Waals surface area contributed by atoms with Crippen molar-refractivity contribution in [2.75, 3.05) is 17.3 Å². The van der Waals surface area contributed by atoms with Gasteiger partial charge < -0.3 is 10.2 Å². The molecule has 33 heavy (non-hydrogen) atoms. The van der Waals surface area contributed by atoms with Gasteiger partial charge in [0.2, 0.25) is 5.91 Å². The molecule has 0 bridgehead atoms. The zero-order valence-corrected chi connectivity index (χ0v) is 18.8. The first-order valence-corrected chi connectivity index (χ1v) is 10.7. The molecule has 1 N–H and O–H groups in total. The summed E-state index contributed by atoms with van der Waals surface area (Å²) in [6.45, 7) is 3.84. The maximum atomic E-state index is 13.6. The molecular formula is C27H25N3O3. The highest BCUT2D eigenvalue weighted by Crippen LogP contribution is 2.35.